The van der Waals surface area contributed by atoms with Crippen molar-refractivity contribution < 1.29 is 0 Å². The highest BCUT2D eigenvalue weighted by atomic mass is 32.1. The van der Waals surface area contributed by atoms with Gasteiger partial charge in [0.2, 0.25) is 0 Å². The van der Waals surface area contributed by atoms with Gasteiger partial charge in [0.25, 0.3) is 5.56 Å². The smallest absolute Gasteiger partial charge is 0.291 e. The quantitative estimate of drug-likeness (QED) is 0.717. The SMILES string of the molecule is CC(N)Cc1nc2c(s1)c1cnn(CC3=CCC=CCC3)c(=O)c1n2C. The molecule has 3 heterocycles. The summed E-state index contributed by atoms with van der Waals surface area (Å²) < 4.78 is 4.49. The Labute approximate surface area is 155 Å². The molecule has 0 radical (unpaired) electrons. The van der Waals surface area contributed by atoms with Crippen LogP contribution >= 0.6 is 11.3 Å². The number of thiazole rings is 1. The van der Waals surface area contributed by atoms with E-state index in [1.165, 1.54) is 5.57 Å². The van der Waals surface area contributed by atoms with Crippen LogP contribution in [0.4, 0.5) is 0 Å². The molecule has 1 aliphatic carbocycles. The van der Waals surface area contributed by atoms with E-state index in [-0.39, 0.29) is 11.6 Å². The van der Waals surface area contributed by atoms with Crippen LogP contribution in [0.25, 0.3) is 21.3 Å². The highest BCUT2D eigenvalue weighted by Crippen LogP contribution is 2.31. The van der Waals surface area contributed by atoms with E-state index in [0.29, 0.717) is 12.1 Å². The fourth-order valence-electron chi connectivity index (χ4n) is 3.46. The fourth-order valence-corrected chi connectivity index (χ4v) is 4.71. The summed E-state index contributed by atoms with van der Waals surface area (Å²) in [6.45, 7) is 2.53. The fraction of sp³-hybridized carbons (Fsp3) is 0.421. The summed E-state index contributed by atoms with van der Waals surface area (Å²) >= 11 is 1.61. The summed E-state index contributed by atoms with van der Waals surface area (Å²) in [6, 6.07) is 0.0690. The molecular formula is C19H23N5OS. The third-order valence-electron chi connectivity index (χ3n) is 4.76. The molecule has 1 atom stereocenters. The topological polar surface area (TPSA) is 78.7 Å². The second-order valence-corrected chi connectivity index (χ2v) is 8.06. The lowest BCUT2D eigenvalue weighted by Gasteiger charge is -2.08. The zero-order valence-corrected chi connectivity index (χ0v) is 15.9. The van der Waals surface area contributed by atoms with Crippen molar-refractivity contribution in [3.05, 3.63) is 45.4 Å². The molecule has 3 aromatic heterocycles. The van der Waals surface area contributed by atoms with E-state index in [1.54, 1.807) is 16.0 Å². The first-order chi connectivity index (χ1) is 12.5. The van der Waals surface area contributed by atoms with Crippen LogP contribution in [0.15, 0.2) is 34.8 Å². The molecule has 0 aromatic carbocycles. The van der Waals surface area contributed by atoms with Gasteiger partial charge < -0.3 is 10.3 Å². The molecule has 26 heavy (non-hydrogen) atoms. The summed E-state index contributed by atoms with van der Waals surface area (Å²) in [6.07, 6.45) is 12.0. The third-order valence-corrected chi connectivity index (χ3v) is 5.86. The van der Waals surface area contributed by atoms with Crippen molar-refractivity contribution in [1.82, 2.24) is 19.3 Å². The Balaban J connectivity index is 1.76. The molecule has 3 aromatic rings. The molecule has 0 bridgehead atoms. The Hall–Kier alpha value is -2.25. The van der Waals surface area contributed by atoms with Crippen LogP contribution in [0.2, 0.25) is 0 Å². The second-order valence-electron chi connectivity index (χ2n) is 6.98. The highest BCUT2D eigenvalue weighted by molar-refractivity contribution is 7.19. The minimum atomic E-state index is -0.0537. The minimum absolute atomic E-state index is 0.0537. The minimum Gasteiger partial charge on any atom is -0.328 e. The van der Waals surface area contributed by atoms with Crippen molar-refractivity contribution >= 4 is 32.6 Å². The normalized spacial score (nSPS) is 16.2. The molecule has 1 aliphatic rings. The lowest BCUT2D eigenvalue weighted by Crippen LogP contribution is -2.25. The molecule has 6 nitrogen and oxygen atoms in total. The number of aromatic nitrogens is 4. The first kappa shape index (κ1) is 17.2. The molecule has 0 saturated heterocycles. The number of hydrogen-bond acceptors (Lipinski definition) is 5. The van der Waals surface area contributed by atoms with Gasteiger partial charge in [-0.15, -0.1) is 11.3 Å². The van der Waals surface area contributed by atoms with Crippen molar-refractivity contribution in [2.45, 2.75) is 45.2 Å². The zero-order chi connectivity index (χ0) is 18.3. The van der Waals surface area contributed by atoms with Gasteiger partial charge in [0, 0.05) is 24.9 Å². The number of nitrogens with two attached hydrogens (primary N) is 1. The van der Waals surface area contributed by atoms with Gasteiger partial charge in [-0.3, -0.25) is 4.79 Å². The molecular weight excluding hydrogens is 346 g/mol. The number of aryl methyl sites for hydroxylation is 1. The maximum Gasteiger partial charge on any atom is 0.291 e. The Morgan fingerprint density at radius 1 is 1.38 bits per heavy atom. The number of allylic oxidation sites excluding steroid dienone is 4. The van der Waals surface area contributed by atoms with Gasteiger partial charge >= 0.3 is 0 Å². The van der Waals surface area contributed by atoms with E-state index in [2.05, 4.69) is 23.3 Å². The molecule has 0 saturated carbocycles. The van der Waals surface area contributed by atoms with Gasteiger partial charge in [0.05, 0.1) is 22.4 Å². The third kappa shape index (κ3) is 3.01. The molecule has 0 fully saturated rings. The first-order valence-corrected chi connectivity index (χ1v) is 9.78. The van der Waals surface area contributed by atoms with Crippen LogP contribution < -0.4 is 11.3 Å². The summed E-state index contributed by atoms with van der Waals surface area (Å²) in [5, 5.41) is 6.33. The van der Waals surface area contributed by atoms with Gasteiger partial charge in [0.1, 0.15) is 5.52 Å². The Kier molecular flexibility index (Phi) is 4.50. The summed E-state index contributed by atoms with van der Waals surface area (Å²) in [5.41, 5.74) is 8.62. The summed E-state index contributed by atoms with van der Waals surface area (Å²) in [4.78, 5) is 17.7. The molecule has 7 heteroatoms. The van der Waals surface area contributed by atoms with Crippen LogP contribution in [0.5, 0.6) is 0 Å². The monoisotopic (exact) mass is 369 g/mol. The van der Waals surface area contributed by atoms with Gasteiger partial charge in [0.15, 0.2) is 5.65 Å². The molecule has 0 aliphatic heterocycles. The Bertz CT molecular complexity index is 1080. The summed E-state index contributed by atoms with van der Waals surface area (Å²) in [5.74, 6) is 0. The van der Waals surface area contributed by atoms with Crippen LogP contribution in [0, 0.1) is 0 Å². The molecule has 2 N–H and O–H groups in total. The van der Waals surface area contributed by atoms with Gasteiger partial charge in [-0.2, -0.15) is 5.10 Å². The van der Waals surface area contributed by atoms with Crippen molar-refractivity contribution in [1.29, 1.82) is 0 Å². The van der Waals surface area contributed by atoms with Crippen molar-refractivity contribution in [3.63, 3.8) is 0 Å². The maximum absolute atomic E-state index is 13.0. The lowest BCUT2D eigenvalue weighted by molar-refractivity contribution is 0.619. The number of fused-ring (bicyclic) bond motifs is 3. The van der Waals surface area contributed by atoms with Crippen molar-refractivity contribution in [2.24, 2.45) is 12.8 Å². The maximum atomic E-state index is 13.0. The first-order valence-electron chi connectivity index (χ1n) is 8.97. The van der Waals surface area contributed by atoms with Crippen molar-refractivity contribution in [3.8, 4) is 0 Å². The Morgan fingerprint density at radius 3 is 3.04 bits per heavy atom. The van der Waals surface area contributed by atoms with Crippen molar-refractivity contribution in [2.75, 3.05) is 0 Å². The Morgan fingerprint density at radius 2 is 2.23 bits per heavy atom. The van der Waals surface area contributed by atoms with E-state index in [4.69, 9.17) is 10.7 Å². The molecule has 0 amide bonds. The number of nitrogens with zero attached hydrogens (tertiary/aromatic N) is 4. The molecule has 136 valence electrons. The molecule has 1 unspecified atom stereocenters. The molecule has 0 spiro atoms. The van der Waals surface area contributed by atoms with E-state index < -0.39 is 0 Å². The second kappa shape index (κ2) is 6.81. The van der Waals surface area contributed by atoms with E-state index in [9.17, 15) is 4.79 Å². The van der Waals surface area contributed by atoms with Crippen LogP contribution in [-0.4, -0.2) is 25.4 Å². The average molecular weight is 369 g/mol. The highest BCUT2D eigenvalue weighted by Gasteiger charge is 2.18. The summed E-state index contributed by atoms with van der Waals surface area (Å²) in [7, 11) is 1.90. The van der Waals surface area contributed by atoms with Gasteiger partial charge in [-0.25, -0.2) is 9.67 Å². The van der Waals surface area contributed by atoms with Gasteiger partial charge in [-0.1, -0.05) is 23.8 Å². The predicted octanol–water partition coefficient (Wildman–Crippen LogP) is 2.90. The zero-order valence-electron chi connectivity index (χ0n) is 15.1. The van der Waals surface area contributed by atoms with Gasteiger partial charge in [-0.05, 0) is 26.2 Å². The number of hydrogen-bond donors (Lipinski definition) is 1. The predicted molar refractivity (Wildman–Crippen MR) is 107 cm³/mol. The van der Waals surface area contributed by atoms with Crippen LogP contribution in [0.1, 0.15) is 31.2 Å². The standard InChI is InChI=1S/C19H23N5OS/c1-12(20)9-15-22-18-17(26-15)14-10-21-24(19(25)16(14)23(18)2)11-13-7-5-3-4-6-8-13/h3-4,7,10,12H,5-6,8-9,11,20H2,1-2H3. The average Bonchev–Trinajstić information content (AvgIpc) is 2.97. The van der Waals surface area contributed by atoms with E-state index >= 15 is 0 Å². The van der Waals surface area contributed by atoms with E-state index in [1.807, 2.05) is 24.7 Å². The molecule has 4 rings (SSSR count). The number of rotatable bonds is 4. The largest absolute Gasteiger partial charge is 0.328 e. The lowest BCUT2D eigenvalue weighted by atomic mass is 10.1. The van der Waals surface area contributed by atoms with Crippen LogP contribution in [0.3, 0.4) is 0 Å². The van der Waals surface area contributed by atoms with Crippen LogP contribution in [-0.2, 0) is 20.0 Å². The van der Waals surface area contributed by atoms with E-state index in [0.717, 1.165) is 46.4 Å².